The molecule has 1 unspecified atom stereocenters. The van der Waals surface area contributed by atoms with Crippen LogP contribution >= 0.6 is 11.6 Å². The molecule has 110 valence electrons. The first-order valence-corrected chi connectivity index (χ1v) is 8.01. The molecule has 5 nitrogen and oxygen atoms in total. The molecule has 0 radical (unpaired) electrons. The molecule has 0 saturated carbocycles. The van der Waals surface area contributed by atoms with E-state index in [4.69, 9.17) is 16.6 Å². The number of nitrogens with zero attached hydrogens (tertiary/aromatic N) is 4. The first-order chi connectivity index (χ1) is 10.3. The fraction of sp³-hybridized carbons (Fsp3) is 0.533. The third-order valence-corrected chi connectivity index (χ3v) is 4.60. The second-order valence-electron chi connectivity index (χ2n) is 5.81. The summed E-state index contributed by atoms with van der Waals surface area (Å²) in [5, 5.41) is 0.572. The van der Waals surface area contributed by atoms with Gasteiger partial charge in [-0.15, -0.1) is 0 Å². The van der Waals surface area contributed by atoms with Crippen LogP contribution in [0.3, 0.4) is 0 Å². The summed E-state index contributed by atoms with van der Waals surface area (Å²) in [5.41, 5.74) is 2.60. The van der Waals surface area contributed by atoms with E-state index in [0.29, 0.717) is 5.02 Å². The van der Waals surface area contributed by atoms with Gasteiger partial charge >= 0.3 is 0 Å². The predicted molar refractivity (Wildman–Crippen MR) is 81.6 cm³/mol. The third-order valence-electron chi connectivity index (χ3n) is 4.41. The highest BCUT2D eigenvalue weighted by Crippen LogP contribution is 2.34. The summed E-state index contributed by atoms with van der Waals surface area (Å²) in [6.07, 6.45) is 10.3. The van der Waals surface area contributed by atoms with Crippen molar-refractivity contribution < 1.29 is 0 Å². The molecule has 0 amide bonds. The van der Waals surface area contributed by atoms with Gasteiger partial charge in [-0.05, 0) is 38.5 Å². The number of fused-ring (bicyclic) bond motifs is 1. The molecule has 1 N–H and O–H groups in total. The Morgan fingerprint density at radius 1 is 1.14 bits per heavy atom. The number of hydrogen-bond acceptors (Lipinski definition) is 4. The molecular weight excluding hydrogens is 286 g/mol. The van der Waals surface area contributed by atoms with E-state index >= 15 is 0 Å². The fourth-order valence-electron chi connectivity index (χ4n) is 3.38. The van der Waals surface area contributed by atoms with Crippen LogP contribution in [0, 0.1) is 0 Å². The van der Waals surface area contributed by atoms with Crippen LogP contribution in [0.25, 0.3) is 0 Å². The van der Waals surface area contributed by atoms with Crippen molar-refractivity contribution in [2.75, 3.05) is 11.4 Å². The maximum absolute atomic E-state index is 5.88. The van der Waals surface area contributed by atoms with Gasteiger partial charge in [0, 0.05) is 12.2 Å². The number of halogens is 1. The highest BCUT2D eigenvalue weighted by atomic mass is 35.5. The van der Waals surface area contributed by atoms with Gasteiger partial charge < -0.3 is 9.88 Å². The number of hydrogen-bond donors (Lipinski definition) is 1. The Labute approximate surface area is 128 Å². The summed E-state index contributed by atoms with van der Waals surface area (Å²) in [6.45, 7) is 0.970. The summed E-state index contributed by atoms with van der Waals surface area (Å²) < 4.78 is 0. The van der Waals surface area contributed by atoms with E-state index in [9.17, 15) is 0 Å². The van der Waals surface area contributed by atoms with Gasteiger partial charge in [-0.1, -0.05) is 11.6 Å². The zero-order valence-electron chi connectivity index (χ0n) is 11.8. The quantitative estimate of drug-likeness (QED) is 0.926. The maximum atomic E-state index is 5.88. The van der Waals surface area contributed by atoms with E-state index in [-0.39, 0.29) is 6.04 Å². The molecule has 0 spiro atoms. The minimum Gasteiger partial charge on any atom is -0.344 e. The molecule has 0 bridgehead atoms. The molecule has 1 atom stereocenters. The number of imidazole rings is 1. The molecule has 1 aliphatic carbocycles. The minimum absolute atomic E-state index is 0.261. The fourth-order valence-corrected chi connectivity index (χ4v) is 3.47. The minimum atomic E-state index is 0.261. The average Bonchev–Trinajstić information content (AvgIpc) is 3.14. The van der Waals surface area contributed by atoms with Crippen molar-refractivity contribution in [1.82, 2.24) is 19.9 Å². The van der Waals surface area contributed by atoms with Crippen LogP contribution in [-0.2, 0) is 12.8 Å². The molecule has 1 saturated heterocycles. The molecule has 3 heterocycles. The number of H-pyrrole nitrogens is 1. The Morgan fingerprint density at radius 3 is 2.76 bits per heavy atom. The molecular formula is C15H18ClN5. The van der Waals surface area contributed by atoms with Gasteiger partial charge in [-0.2, -0.15) is 0 Å². The lowest BCUT2D eigenvalue weighted by Gasteiger charge is -2.22. The zero-order chi connectivity index (χ0) is 14.2. The normalized spacial score (nSPS) is 21.6. The first kappa shape index (κ1) is 13.1. The third kappa shape index (κ3) is 2.39. The van der Waals surface area contributed by atoms with Gasteiger partial charge in [0.05, 0.1) is 29.2 Å². The first-order valence-electron chi connectivity index (χ1n) is 7.63. The molecule has 2 aromatic rings. The van der Waals surface area contributed by atoms with Crippen LogP contribution < -0.4 is 4.90 Å². The van der Waals surface area contributed by atoms with Crippen molar-refractivity contribution in [1.29, 1.82) is 0 Å². The van der Waals surface area contributed by atoms with Crippen molar-refractivity contribution >= 4 is 17.5 Å². The van der Waals surface area contributed by atoms with E-state index in [0.717, 1.165) is 44.0 Å². The Kier molecular flexibility index (Phi) is 3.30. The average molecular weight is 304 g/mol. The number of aromatic amines is 1. The topological polar surface area (TPSA) is 57.7 Å². The molecule has 21 heavy (non-hydrogen) atoms. The lowest BCUT2D eigenvalue weighted by Crippen LogP contribution is -2.25. The van der Waals surface area contributed by atoms with Crippen molar-refractivity contribution in [2.45, 2.75) is 44.6 Å². The van der Waals surface area contributed by atoms with E-state index in [1.807, 2.05) is 0 Å². The second kappa shape index (κ2) is 5.30. The van der Waals surface area contributed by atoms with Crippen molar-refractivity contribution in [2.24, 2.45) is 0 Å². The Bertz CT molecular complexity index is 613. The molecule has 1 fully saturated rings. The highest BCUT2D eigenvalue weighted by Gasteiger charge is 2.31. The van der Waals surface area contributed by atoms with Gasteiger partial charge in [0.25, 0.3) is 0 Å². The summed E-state index contributed by atoms with van der Waals surface area (Å²) in [5.74, 6) is 1.83. The van der Waals surface area contributed by atoms with Crippen molar-refractivity contribution in [3.05, 3.63) is 34.6 Å². The van der Waals surface area contributed by atoms with Crippen LogP contribution in [0.5, 0.6) is 0 Å². The maximum Gasteiger partial charge on any atom is 0.225 e. The van der Waals surface area contributed by atoms with E-state index < -0.39 is 0 Å². The van der Waals surface area contributed by atoms with Gasteiger partial charge in [-0.25, -0.2) is 15.0 Å². The molecule has 2 aromatic heterocycles. The zero-order valence-corrected chi connectivity index (χ0v) is 12.6. The molecule has 0 aromatic carbocycles. The molecule has 4 rings (SSSR count). The van der Waals surface area contributed by atoms with Crippen LogP contribution in [-0.4, -0.2) is 26.5 Å². The molecule has 6 heteroatoms. The second-order valence-corrected chi connectivity index (χ2v) is 6.24. The monoisotopic (exact) mass is 303 g/mol. The highest BCUT2D eigenvalue weighted by molar-refractivity contribution is 6.30. The van der Waals surface area contributed by atoms with Crippen molar-refractivity contribution in [3.63, 3.8) is 0 Å². The lowest BCUT2D eigenvalue weighted by atomic mass is 10.0. The van der Waals surface area contributed by atoms with Gasteiger partial charge in [-0.3, -0.25) is 0 Å². The summed E-state index contributed by atoms with van der Waals surface area (Å²) >= 11 is 5.88. The van der Waals surface area contributed by atoms with E-state index in [1.54, 1.807) is 12.4 Å². The molecule has 1 aliphatic heterocycles. The summed E-state index contributed by atoms with van der Waals surface area (Å²) in [7, 11) is 0. The summed E-state index contributed by atoms with van der Waals surface area (Å²) in [6, 6.07) is 0.261. The SMILES string of the molecule is Clc1cnc(N2CCCC2c2nc3c([nH]2)CCCC3)nc1. The van der Waals surface area contributed by atoms with E-state index in [1.165, 1.54) is 24.2 Å². The number of aryl methyl sites for hydroxylation is 2. The van der Waals surface area contributed by atoms with Gasteiger partial charge in [0.15, 0.2) is 0 Å². The van der Waals surface area contributed by atoms with Gasteiger partial charge in [0.2, 0.25) is 5.95 Å². The van der Waals surface area contributed by atoms with Crippen LogP contribution in [0.2, 0.25) is 5.02 Å². The van der Waals surface area contributed by atoms with Crippen LogP contribution in [0.15, 0.2) is 12.4 Å². The number of aromatic nitrogens is 4. The Morgan fingerprint density at radius 2 is 1.95 bits per heavy atom. The largest absolute Gasteiger partial charge is 0.344 e. The smallest absolute Gasteiger partial charge is 0.225 e. The van der Waals surface area contributed by atoms with E-state index in [2.05, 4.69) is 19.9 Å². The Hall–Kier alpha value is -1.62. The molecule has 2 aliphatic rings. The number of nitrogens with one attached hydrogen (secondary N) is 1. The van der Waals surface area contributed by atoms with Crippen LogP contribution in [0.4, 0.5) is 5.95 Å². The van der Waals surface area contributed by atoms with Crippen molar-refractivity contribution in [3.8, 4) is 0 Å². The lowest BCUT2D eigenvalue weighted by molar-refractivity contribution is 0.660. The number of rotatable bonds is 2. The summed E-state index contributed by atoms with van der Waals surface area (Å²) in [4.78, 5) is 19.4. The van der Waals surface area contributed by atoms with Crippen LogP contribution in [0.1, 0.15) is 48.9 Å². The predicted octanol–water partition coefficient (Wildman–Crippen LogP) is 3.07. The standard InChI is InChI=1S/C15H18ClN5/c16-10-8-17-15(18-9-10)21-7-3-6-13(21)14-19-11-4-1-2-5-12(11)20-14/h8-9,13H,1-7H2,(H,19,20). The number of anilines is 1. The Balaban J connectivity index is 1.64. The van der Waals surface area contributed by atoms with Gasteiger partial charge in [0.1, 0.15) is 5.82 Å².